The Labute approximate surface area is 148 Å². The fraction of sp³-hybridized carbons (Fsp3) is 0.471. The van der Waals surface area contributed by atoms with Crippen LogP contribution in [0.15, 0.2) is 35.3 Å². The molecule has 1 fully saturated rings. The van der Waals surface area contributed by atoms with Crippen LogP contribution in [0.1, 0.15) is 31.2 Å². The molecule has 1 aromatic carbocycles. The van der Waals surface area contributed by atoms with Gasteiger partial charge in [0.2, 0.25) is 5.91 Å². The zero-order valence-corrected chi connectivity index (χ0v) is 14.3. The number of aliphatic imine (C=N–C) groups is 1. The van der Waals surface area contributed by atoms with Crippen molar-refractivity contribution in [2.75, 3.05) is 7.05 Å². The summed E-state index contributed by atoms with van der Waals surface area (Å²) in [4.78, 5) is 26.9. The Morgan fingerprint density at radius 1 is 1.35 bits per heavy atom. The molecule has 1 saturated carbocycles. The number of aliphatic carboxylic acids is 1. The molecule has 0 bridgehead atoms. The van der Waals surface area contributed by atoms with Gasteiger partial charge in [0.15, 0.2) is 5.96 Å². The monoisotopic (exact) mass is 371 g/mol. The number of halogens is 3. The van der Waals surface area contributed by atoms with Crippen molar-refractivity contribution >= 4 is 17.8 Å². The summed E-state index contributed by atoms with van der Waals surface area (Å²) in [5.41, 5.74) is 6.85. The minimum atomic E-state index is -5.08. The van der Waals surface area contributed by atoms with Crippen molar-refractivity contribution in [1.82, 2.24) is 4.90 Å². The van der Waals surface area contributed by atoms with Crippen LogP contribution < -0.4 is 5.73 Å². The number of hydrogen-bond donors (Lipinski definition) is 2. The van der Waals surface area contributed by atoms with Crippen LogP contribution in [0, 0.1) is 5.92 Å². The van der Waals surface area contributed by atoms with Crippen molar-refractivity contribution in [3.8, 4) is 0 Å². The van der Waals surface area contributed by atoms with Crippen molar-refractivity contribution in [3.63, 3.8) is 0 Å². The number of alkyl halides is 3. The first-order valence-electron chi connectivity index (χ1n) is 7.92. The van der Waals surface area contributed by atoms with Crippen LogP contribution >= 0.6 is 0 Å². The first-order chi connectivity index (χ1) is 12.0. The van der Waals surface area contributed by atoms with E-state index in [0.717, 1.165) is 6.42 Å². The Bertz CT molecular complexity index is 721. The van der Waals surface area contributed by atoms with Gasteiger partial charge >= 0.3 is 12.1 Å². The predicted octanol–water partition coefficient (Wildman–Crippen LogP) is 2.36. The van der Waals surface area contributed by atoms with Gasteiger partial charge in [-0.15, -0.1) is 0 Å². The van der Waals surface area contributed by atoms with E-state index in [2.05, 4.69) is 36.2 Å². The van der Waals surface area contributed by atoms with Crippen LogP contribution in [0.5, 0.6) is 0 Å². The van der Waals surface area contributed by atoms with Crippen molar-refractivity contribution in [3.05, 3.63) is 35.9 Å². The Morgan fingerprint density at radius 3 is 2.35 bits per heavy atom. The van der Waals surface area contributed by atoms with Gasteiger partial charge in [0.25, 0.3) is 0 Å². The quantitative estimate of drug-likeness (QED) is 0.834. The maximum absolute atomic E-state index is 12.0. The van der Waals surface area contributed by atoms with Gasteiger partial charge in [-0.1, -0.05) is 30.3 Å². The summed E-state index contributed by atoms with van der Waals surface area (Å²) < 4.78 is 31.7. The van der Waals surface area contributed by atoms with Crippen LogP contribution in [0.4, 0.5) is 13.2 Å². The zero-order chi connectivity index (χ0) is 19.7. The second-order valence-corrected chi connectivity index (χ2v) is 6.62. The van der Waals surface area contributed by atoms with Gasteiger partial charge in [0.1, 0.15) is 0 Å². The molecule has 9 heteroatoms. The topological polar surface area (TPSA) is 96.0 Å². The molecule has 0 unspecified atom stereocenters. The second-order valence-electron chi connectivity index (χ2n) is 6.62. The Balaban J connectivity index is 0.000000298. The number of guanidine groups is 1. The minimum Gasteiger partial charge on any atom is -0.475 e. The molecule has 1 aliphatic heterocycles. The molecule has 0 radical (unpaired) electrons. The largest absolute Gasteiger partial charge is 0.490 e. The van der Waals surface area contributed by atoms with Crippen molar-refractivity contribution in [2.24, 2.45) is 16.6 Å². The molecule has 3 rings (SSSR count). The fourth-order valence-corrected chi connectivity index (χ4v) is 3.09. The SMILES string of the molecule is CN1C(=O)C[C@](C)([C@H]2C[C@@H]2c2ccccc2)N=C1N.O=C(O)C(F)(F)F. The van der Waals surface area contributed by atoms with Crippen molar-refractivity contribution in [1.29, 1.82) is 0 Å². The molecular formula is C17H20F3N3O3. The number of amides is 1. The number of rotatable bonds is 2. The summed E-state index contributed by atoms with van der Waals surface area (Å²) in [5, 5.41) is 7.12. The number of benzene rings is 1. The van der Waals surface area contributed by atoms with Crippen molar-refractivity contribution < 1.29 is 27.9 Å². The Morgan fingerprint density at radius 2 is 1.88 bits per heavy atom. The lowest BCUT2D eigenvalue weighted by molar-refractivity contribution is -0.192. The lowest BCUT2D eigenvalue weighted by Crippen LogP contribution is -2.49. The van der Waals surface area contributed by atoms with E-state index in [9.17, 15) is 18.0 Å². The molecule has 2 aliphatic rings. The molecule has 3 N–H and O–H groups in total. The van der Waals surface area contributed by atoms with Gasteiger partial charge in [-0.3, -0.25) is 9.69 Å². The number of hydrogen-bond acceptors (Lipinski definition) is 4. The number of nitrogens with zero attached hydrogens (tertiary/aromatic N) is 2. The second kappa shape index (κ2) is 6.97. The molecule has 26 heavy (non-hydrogen) atoms. The normalized spacial score (nSPS) is 28.0. The molecule has 3 atom stereocenters. The van der Waals surface area contributed by atoms with Gasteiger partial charge in [0.05, 0.1) is 12.0 Å². The number of carbonyl (C=O) groups is 2. The van der Waals surface area contributed by atoms with E-state index in [0.29, 0.717) is 24.2 Å². The highest BCUT2D eigenvalue weighted by atomic mass is 19.4. The van der Waals surface area contributed by atoms with Gasteiger partial charge in [-0.2, -0.15) is 13.2 Å². The van der Waals surface area contributed by atoms with E-state index < -0.39 is 12.1 Å². The molecule has 142 valence electrons. The highest BCUT2D eigenvalue weighted by molar-refractivity contribution is 5.98. The molecule has 6 nitrogen and oxygen atoms in total. The molecule has 0 saturated heterocycles. The third-order valence-corrected chi connectivity index (χ3v) is 4.66. The molecule has 1 aromatic rings. The number of carboxylic acid groups (broad SMARTS) is 1. The average Bonchev–Trinajstić information content (AvgIpc) is 3.34. The van der Waals surface area contributed by atoms with Gasteiger partial charge in [0, 0.05) is 7.05 Å². The lowest BCUT2D eigenvalue weighted by Gasteiger charge is -2.33. The van der Waals surface area contributed by atoms with Gasteiger partial charge < -0.3 is 10.8 Å². The van der Waals surface area contributed by atoms with Gasteiger partial charge in [-0.05, 0) is 30.7 Å². The summed E-state index contributed by atoms with van der Waals surface area (Å²) in [6, 6.07) is 10.4. The highest BCUT2D eigenvalue weighted by Crippen LogP contribution is 2.56. The zero-order valence-electron chi connectivity index (χ0n) is 14.3. The number of nitrogens with two attached hydrogens (primary N) is 1. The van der Waals surface area contributed by atoms with E-state index in [1.807, 2.05) is 6.07 Å². The third kappa shape index (κ3) is 4.33. The molecule has 1 heterocycles. The number of carbonyl (C=O) groups excluding carboxylic acids is 1. The Hall–Kier alpha value is -2.58. The van der Waals surface area contributed by atoms with Crippen LogP contribution in [0.25, 0.3) is 0 Å². The van der Waals surface area contributed by atoms with Crippen LogP contribution in [0.2, 0.25) is 0 Å². The fourth-order valence-electron chi connectivity index (χ4n) is 3.09. The molecule has 1 amide bonds. The predicted molar refractivity (Wildman–Crippen MR) is 88.4 cm³/mol. The third-order valence-electron chi connectivity index (χ3n) is 4.66. The number of carboxylic acids is 1. The molecule has 0 spiro atoms. The summed E-state index contributed by atoms with van der Waals surface area (Å²) >= 11 is 0. The van der Waals surface area contributed by atoms with Crippen molar-refractivity contribution in [2.45, 2.75) is 37.4 Å². The summed E-state index contributed by atoms with van der Waals surface area (Å²) in [5.74, 6) is -1.41. The van der Waals surface area contributed by atoms with E-state index in [1.165, 1.54) is 10.5 Å². The van der Waals surface area contributed by atoms with E-state index in [1.54, 1.807) is 7.05 Å². The van der Waals surface area contributed by atoms with Crippen LogP contribution in [0.3, 0.4) is 0 Å². The molecular weight excluding hydrogens is 351 g/mol. The van der Waals surface area contributed by atoms with E-state index in [-0.39, 0.29) is 11.4 Å². The first kappa shape index (κ1) is 19.7. The summed E-state index contributed by atoms with van der Waals surface area (Å²) in [7, 11) is 1.68. The highest BCUT2D eigenvalue weighted by Gasteiger charge is 2.53. The minimum absolute atomic E-state index is 0.0636. The average molecular weight is 371 g/mol. The maximum Gasteiger partial charge on any atom is 0.490 e. The smallest absolute Gasteiger partial charge is 0.475 e. The maximum atomic E-state index is 12.0. The summed E-state index contributed by atoms with van der Waals surface area (Å²) in [6.45, 7) is 2.05. The summed E-state index contributed by atoms with van der Waals surface area (Å²) in [6.07, 6.45) is -3.54. The Kier molecular flexibility index (Phi) is 5.29. The van der Waals surface area contributed by atoms with Crippen LogP contribution in [-0.2, 0) is 9.59 Å². The van der Waals surface area contributed by atoms with E-state index >= 15 is 0 Å². The molecule has 0 aromatic heterocycles. The van der Waals surface area contributed by atoms with Crippen LogP contribution in [-0.4, -0.2) is 46.6 Å². The lowest BCUT2D eigenvalue weighted by atomic mass is 9.88. The van der Waals surface area contributed by atoms with Gasteiger partial charge in [-0.25, -0.2) is 9.79 Å². The molecule has 1 aliphatic carbocycles. The standard InChI is InChI=1S/C15H19N3O.C2HF3O2/c1-15(9-13(19)18(2)14(16)17-15)12-8-11(12)10-6-4-3-5-7-10;3-2(4,5)1(6)7/h3-7,11-12H,8-9H2,1-2H3,(H2,16,17);(H,6,7)/t11-,12+,15-;/m1./s1. The first-order valence-corrected chi connectivity index (χ1v) is 7.92. The van der Waals surface area contributed by atoms with E-state index in [4.69, 9.17) is 15.6 Å².